The van der Waals surface area contributed by atoms with Crippen LogP contribution in [-0.2, 0) is 20.7 Å². The minimum absolute atomic E-state index is 0. The number of nitrogens with one attached hydrogen (secondary N) is 1. The van der Waals surface area contributed by atoms with E-state index in [-0.39, 0.29) is 24.9 Å². The van der Waals surface area contributed by atoms with Crippen molar-refractivity contribution >= 4 is 47.6 Å². The van der Waals surface area contributed by atoms with Gasteiger partial charge in [0.2, 0.25) is 0 Å². The molecule has 1 rings (SSSR count). The number of benzene rings is 1. The summed E-state index contributed by atoms with van der Waals surface area (Å²) in [6, 6.07) is 8.03. The number of esters is 1. The van der Waals surface area contributed by atoms with Crippen LogP contribution in [0.5, 0.6) is 0 Å². The molecule has 1 amide bonds. The lowest BCUT2D eigenvalue weighted by atomic mass is 10.1. The summed E-state index contributed by atoms with van der Waals surface area (Å²) in [4.78, 5) is 25.3. The molecule has 0 aliphatic heterocycles. The van der Waals surface area contributed by atoms with Crippen LogP contribution in [-0.4, -0.2) is 60.0 Å². The molecule has 9 heteroatoms. The van der Waals surface area contributed by atoms with Gasteiger partial charge in [0.05, 0.1) is 12.6 Å². The van der Waals surface area contributed by atoms with Crippen molar-refractivity contribution in [2.75, 3.05) is 31.0 Å². The highest BCUT2D eigenvalue weighted by molar-refractivity contribution is 7.98. The van der Waals surface area contributed by atoms with Crippen molar-refractivity contribution in [3.8, 4) is 0 Å². The number of hydrazine groups is 1. The summed E-state index contributed by atoms with van der Waals surface area (Å²) >= 11 is 7.36. The number of nitrogens with zero attached hydrogens (tertiary/aromatic N) is 1. The molecule has 0 spiro atoms. The molecule has 0 bridgehead atoms. The van der Waals surface area contributed by atoms with Gasteiger partial charge in [0.15, 0.2) is 0 Å². The third kappa shape index (κ3) is 9.17. The third-order valence-corrected chi connectivity index (χ3v) is 4.53. The van der Waals surface area contributed by atoms with Crippen LogP contribution in [0.3, 0.4) is 0 Å². The number of amides is 1. The van der Waals surface area contributed by atoms with Crippen molar-refractivity contribution in [2.24, 2.45) is 5.73 Å². The van der Waals surface area contributed by atoms with Crippen LogP contribution in [0, 0.1) is 0 Å². The van der Waals surface area contributed by atoms with Crippen molar-refractivity contribution in [1.29, 1.82) is 0 Å². The summed E-state index contributed by atoms with van der Waals surface area (Å²) in [5, 5.41) is 1.31. The normalized spacial score (nSPS) is 12.6. The zero-order valence-electron chi connectivity index (χ0n) is 15.7. The predicted molar refractivity (Wildman–Crippen MR) is 114 cm³/mol. The zero-order valence-corrected chi connectivity index (χ0v) is 18.1. The maximum Gasteiger partial charge on any atom is 0.330 e. The molecular formula is C18H29Cl2N3O3S. The molecule has 1 aromatic carbocycles. The van der Waals surface area contributed by atoms with Crippen molar-refractivity contribution in [2.45, 2.75) is 31.8 Å². The van der Waals surface area contributed by atoms with Crippen LogP contribution in [0.25, 0.3) is 0 Å². The smallest absolute Gasteiger partial charge is 0.330 e. The van der Waals surface area contributed by atoms with Crippen LogP contribution >= 0.6 is 35.8 Å². The van der Waals surface area contributed by atoms with Gasteiger partial charge in [0, 0.05) is 12.4 Å². The molecule has 27 heavy (non-hydrogen) atoms. The number of rotatable bonds is 12. The first kappa shape index (κ1) is 26.0. The zero-order chi connectivity index (χ0) is 19.4. The Labute approximate surface area is 176 Å². The summed E-state index contributed by atoms with van der Waals surface area (Å²) < 4.78 is 5.15. The SMILES string of the molecule is CCOC(=O)[C@H](CCSC)N(NCCCl)C(=O)[C@@H](N)Cc1ccccc1.Cl. The van der Waals surface area contributed by atoms with Gasteiger partial charge in [-0.3, -0.25) is 9.80 Å². The average molecular weight is 438 g/mol. The monoisotopic (exact) mass is 437 g/mol. The fourth-order valence-electron chi connectivity index (χ4n) is 2.46. The van der Waals surface area contributed by atoms with Gasteiger partial charge in [-0.1, -0.05) is 30.3 Å². The van der Waals surface area contributed by atoms with Gasteiger partial charge in [0.1, 0.15) is 6.04 Å². The van der Waals surface area contributed by atoms with Gasteiger partial charge < -0.3 is 10.5 Å². The Balaban J connectivity index is 0.00000676. The first-order valence-corrected chi connectivity index (χ1v) is 10.6. The highest BCUT2D eigenvalue weighted by Crippen LogP contribution is 2.12. The first-order valence-electron chi connectivity index (χ1n) is 8.62. The Morgan fingerprint density at radius 2 is 2.00 bits per heavy atom. The molecule has 0 saturated heterocycles. The lowest BCUT2D eigenvalue weighted by Crippen LogP contribution is -2.58. The second-order valence-electron chi connectivity index (χ2n) is 5.65. The molecular weight excluding hydrogens is 409 g/mol. The second-order valence-corrected chi connectivity index (χ2v) is 7.01. The van der Waals surface area contributed by atoms with Gasteiger partial charge in [-0.05, 0) is 37.3 Å². The van der Waals surface area contributed by atoms with E-state index in [0.717, 1.165) is 5.56 Å². The quantitative estimate of drug-likeness (QED) is 0.296. The molecule has 0 radical (unpaired) electrons. The van der Waals surface area contributed by atoms with E-state index in [0.29, 0.717) is 31.0 Å². The van der Waals surface area contributed by atoms with E-state index in [2.05, 4.69) is 5.43 Å². The molecule has 2 atom stereocenters. The Morgan fingerprint density at radius 3 is 2.56 bits per heavy atom. The van der Waals surface area contributed by atoms with E-state index in [1.54, 1.807) is 18.7 Å². The van der Waals surface area contributed by atoms with Gasteiger partial charge in [-0.15, -0.1) is 24.0 Å². The van der Waals surface area contributed by atoms with Crippen LogP contribution < -0.4 is 11.2 Å². The number of alkyl halides is 1. The number of hydrogen-bond acceptors (Lipinski definition) is 6. The van der Waals surface area contributed by atoms with E-state index in [9.17, 15) is 9.59 Å². The fraction of sp³-hybridized carbons (Fsp3) is 0.556. The van der Waals surface area contributed by atoms with Crippen LogP contribution in [0.15, 0.2) is 30.3 Å². The van der Waals surface area contributed by atoms with E-state index in [4.69, 9.17) is 22.1 Å². The van der Waals surface area contributed by atoms with Gasteiger partial charge in [-0.25, -0.2) is 10.2 Å². The molecule has 0 saturated carbocycles. The van der Waals surface area contributed by atoms with E-state index < -0.39 is 18.1 Å². The first-order chi connectivity index (χ1) is 12.5. The molecule has 0 fully saturated rings. The summed E-state index contributed by atoms with van der Waals surface area (Å²) in [6.45, 7) is 2.34. The highest BCUT2D eigenvalue weighted by atomic mass is 35.5. The number of thioether (sulfide) groups is 1. The number of ether oxygens (including phenoxy) is 1. The lowest BCUT2D eigenvalue weighted by Gasteiger charge is -2.32. The molecule has 0 heterocycles. The third-order valence-electron chi connectivity index (χ3n) is 3.70. The molecule has 0 aliphatic rings. The van der Waals surface area contributed by atoms with Gasteiger partial charge >= 0.3 is 5.97 Å². The van der Waals surface area contributed by atoms with Crippen molar-refractivity contribution in [3.05, 3.63) is 35.9 Å². The van der Waals surface area contributed by atoms with Crippen molar-refractivity contribution in [1.82, 2.24) is 10.4 Å². The maximum atomic E-state index is 12.9. The number of nitrogens with two attached hydrogens (primary N) is 1. The second kappa shape index (κ2) is 15.0. The predicted octanol–water partition coefficient (Wildman–Crippen LogP) is 2.24. The maximum absolute atomic E-state index is 12.9. The Morgan fingerprint density at radius 1 is 1.33 bits per heavy atom. The molecule has 6 nitrogen and oxygen atoms in total. The van der Waals surface area contributed by atoms with E-state index >= 15 is 0 Å². The van der Waals surface area contributed by atoms with Crippen molar-refractivity contribution in [3.63, 3.8) is 0 Å². The average Bonchev–Trinajstić information content (AvgIpc) is 2.64. The molecule has 154 valence electrons. The van der Waals surface area contributed by atoms with Gasteiger partial charge in [0.25, 0.3) is 5.91 Å². The lowest BCUT2D eigenvalue weighted by molar-refractivity contribution is -0.158. The summed E-state index contributed by atoms with van der Waals surface area (Å²) in [7, 11) is 0. The van der Waals surface area contributed by atoms with Crippen molar-refractivity contribution < 1.29 is 14.3 Å². The minimum atomic E-state index is -0.772. The van der Waals surface area contributed by atoms with Crippen LogP contribution in [0.2, 0.25) is 0 Å². The standard InChI is InChI=1S/C18H28ClN3O3S.ClH/c1-3-25-18(24)16(9-12-26-2)22(21-11-10-19)17(23)15(20)13-14-7-5-4-6-8-14;/h4-8,15-16,21H,3,9-13,20H2,1-2H3;1H/t15-,16-;/m0./s1. The Kier molecular flexibility index (Phi) is 14.4. The summed E-state index contributed by atoms with van der Waals surface area (Å²) in [6.07, 6.45) is 2.80. The number of hydrogen-bond donors (Lipinski definition) is 2. The van der Waals surface area contributed by atoms with Crippen LogP contribution in [0.4, 0.5) is 0 Å². The Hall–Kier alpha value is -0.990. The Bertz CT molecular complexity index is 552. The fourth-order valence-corrected chi connectivity index (χ4v) is 3.00. The van der Waals surface area contributed by atoms with Gasteiger partial charge in [-0.2, -0.15) is 11.8 Å². The molecule has 0 unspecified atom stereocenters. The van der Waals surface area contributed by atoms with Crippen LogP contribution in [0.1, 0.15) is 18.9 Å². The molecule has 1 aromatic rings. The number of carbonyl (C=O) groups excluding carboxylic acids is 2. The van der Waals surface area contributed by atoms with E-state index in [1.165, 1.54) is 5.01 Å². The largest absolute Gasteiger partial charge is 0.464 e. The molecule has 0 aromatic heterocycles. The topological polar surface area (TPSA) is 84.7 Å². The highest BCUT2D eigenvalue weighted by Gasteiger charge is 2.33. The molecule has 0 aliphatic carbocycles. The van der Waals surface area contributed by atoms with E-state index in [1.807, 2.05) is 36.6 Å². The number of halogens is 2. The summed E-state index contributed by atoms with van der Waals surface area (Å²) in [5.74, 6) is 0.224. The minimum Gasteiger partial charge on any atom is -0.464 e. The molecule has 3 N–H and O–H groups in total. The number of carbonyl (C=O) groups is 2. The summed E-state index contributed by atoms with van der Waals surface area (Å²) in [5.41, 5.74) is 10.0.